The highest BCUT2D eigenvalue weighted by Gasteiger charge is 2.27. The van der Waals surface area contributed by atoms with Crippen molar-refractivity contribution in [2.75, 3.05) is 0 Å². The second kappa shape index (κ2) is 7.63. The van der Waals surface area contributed by atoms with Gasteiger partial charge in [0, 0.05) is 12.1 Å². The predicted octanol–water partition coefficient (Wildman–Crippen LogP) is 3.16. The molecule has 1 rings (SSSR count). The zero-order valence-corrected chi connectivity index (χ0v) is 14.7. The minimum atomic E-state index is -0.531. The maximum absolute atomic E-state index is 12.1. The fourth-order valence-electron chi connectivity index (χ4n) is 1.90. The summed E-state index contributed by atoms with van der Waals surface area (Å²) in [5.41, 5.74) is 7.83. The van der Waals surface area contributed by atoms with Gasteiger partial charge in [-0.25, -0.2) is 0 Å². The molecule has 0 aliphatic heterocycles. The van der Waals surface area contributed by atoms with Crippen LogP contribution in [0.1, 0.15) is 52.2 Å². The third-order valence-corrected chi connectivity index (χ3v) is 3.79. The Hall–Kier alpha value is -1.55. The first-order chi connectivity index (χ1) is 10.1. The molecule has 1 amide bonds. The molecule has 0 saturated carbocycles. The van der Waals surface area contributed by atoms with Gasteiger partial charge in [0.15, 0.2) is 0 Å². The van der Waals surface area contributed by atoms with Gasteiger partial charge in [0.2, 0.25) is 5.91 Å². The molecule has 4 nitrogen and oxygen atoms in total. The second-order valence-electron chi connectivity index (χ2n) is 7.01. The number of amides is 1. The highest BCUT2D eigenvalue weighted by molar-refractivity contribution is 5.82. The number of benzene rings is 1. The number of carbonyl (C=O) groups excluding carboxylic acids is 1. The van der Waals surface area contributed by atoms with E-state index in [9.17, 15) is 4.79 Å². The number of rotatable bonds is 6. The van der Waals surface area contributed by atoms with Crippen LogP contribution in [-0.2, 0) is 11.3 Å². The molecule has 0 fully saturated rings. The number of hydrogen-bond acceptors (Lipinski definition) is 3. The van der Waals surface area contributed by atoms with E-state index in [2.05, 4.69) is 12.2 Å². The average Bonchev–Trinajstić information content (AvgIpc) is 2.44. The van der Waals surface area contributed by atoms with E-state index in [1.807, 2.05) is 52.8 Å². The molecule has 0 aliphatic rings. The van der Waals surface area contributed by atoms with E-state index >= 15 is 0 Å². The van der Waals surface area contributed by atoms with Crippen LogP contribution in [0.3, 0.4) is 0 Å². The smallest absolute Gasteiger partial charge is 0.237 e. The van der Waals surface area contributed by atoms with Gasteiger partial charge in [-0.1, -0.05) is 39.8 Å². The van der Waals surface area contributed by atoms with Gasteiger partial charge in [-0.2, -0.15) is 0 Å². The molecular weight excluding hydrogens is 276 g/mol. The molecule has 3 N–H and O–H groups in total. The van der Waals surface area contributed by atoms with Crippen molar-refractivity contribution in [3.05, 3.63) is 29.3 Å². The normalized spacial score (nSPS) is 14.3. The zero-order valence-electron chi connectivity index (χ0n) is 14.7. The molecule has 0 saturated heterocycles. The molecule has 124 valence electrons. The van der Waals surface area contributed by atoms with Gasteiger partial charge in [-0.15, -0.1) is 0 Å². The van der Waals surface area contributed by atoms with E-state index in [-0.39, 0.29) is 17.4 Å². The van der Waals surface area contributed by atoms with Gasteiger partial charge in [-0.3, -0.25) is 4.79 Å². The minimum absolute atomic E-state index is 0.137. The molecule has 4 heteroatoms. The van der Waals surface area contributed by atoms with Crippen molar-refractivity contribution in [2.24, 2.45) is 11.1 Å². The Labute approximate surface area is 134 Å². The van der Waals surface area contributed by atoms with E-state index in [1.54, 1.807) is 0 Å². The van der Waals surface area contributed by atoms with Crippen LogP contribution in [0.4, 0.5) is 0 Å². The summed E-state index contributed by atoms with van der Waals surface area (Å²) in [6.07, 6.45) is 1.09. The van der Waals surface area contributed by atoms with Gasteiger partial charge in [0.25, 0.3) is 0 Å². The first-order valence-corrected chi connectivity index (χ1v) is 7.94. The molecule has 0 spiro atoms. The maximum atomic E-state index is 12.1. The molecule has 1 aromatic rings. The Morgan fingerprint density at radius 2 is 2.00 bits per heavy atom. The Morgan fingerprint density at radius 3 is 2.55 bits per heavy atom. The van der Waals surface area contributed by atoms with Gasteiger partial charge >= 0.3 is 0 Å². The van der Waals surface area contributed by atoms with Crippen LogP contribution >= 0.6 is 0 Å². The Kier molecular flexibility index (Phi) is 6.42. The van der Waals surface area contributed by atoms with Gasteiger partial charge < -0.3 is 15.8 Å². The van der Waals surface area contributed by atoms with Crippen LogP contribution in [0.15, 0.2) is 18.2 Å². The lowest BCUT2D eigenvalue weighted by molar-refractivity contribution is -0.124. The van der Waals surface area contributed by atoms with Crippen molar-refractivity contribution in [2.45, 2.75) is 66.7 Å². The first-order valence-electron chi connectivity index (χ1n) is 7.94. The van der Waals surface area contributed by atoms with Crippen molar-refractivity contribution >= 4 is 5.91 Å². The summed E-state index contributed by atoms with van der Waals surface area (Å²) < 4.78 is 5.95. The molecule has 0 bridgehead atoms. The summed E-state index contributed by atoms with van der Waals surface area (Å²) in [5.74, 6) is 0.696. The summed E-state index contributed by atoms with van der Waals surface area (Å²) >= 11 is 0. The minimum Gasteiger partial charge on any atom is -0.490 e. The van der Waals surface area contributed by atoms with Crippen molar-refractivity contribution in [1.82, 2.24) is 5.32 Å². The summed E-state index contributed by atoms with van der Waals surface area (Å²) in [5, 5.41) is 2.91. The van der Waals surface area contributed by atoms with Crippen LogP contribution < -0.4 is 15.8 Å². The van der Waals surface area contributed by atoms with Crippen LogP contribution in [0.2, 0.25) is 0 Å². The van der Waals surface area contributed by atoms with Crippen molar-refractivity contribution in [3.8, 4) is 5.75 Å². The summed E-state index contributed by atoms with van der Waals surface area (Å²) in [4.78, 5) is 12.1. The van der Waals surface area contributed by atoms with E-state index in [1.165, 1.54) is 0 Å². The monoisotopic (exact) mass is 306 g/mol. The number of aryl methyl sites for hydroxylation is 1. The van der Waals surface area contributed by atoms with Gasteiger partial charge in [0.05, 0.1) is 12.1 Å². The van der Waals surface area contributed by atoms with Crippen molar-refractivity contribution in [1.29, 1.82) is 0 Å². The van der Waals surface area contributed by atoms with Gasteiger partial charge in [0.1, 0.15) is 5.75 Å². The third kappa shape index (κ3) is 5.34. The largest absolute Gasteiger partial charge is 0.490 e. The van der Waals surface area contributed by atoms with Crippen LogP contribution in [-0.4, -0.2) is 18.1 Å². The Morgan fingerprint density at radius 1 is 1.36 bits per heavy atom. The molecule has 0 aromatic heterocycles. The van der Waals surface area contributed by atoms with E-state index in [4.69, 9.17) is 10.5 Å². The molecule has 0 aliphatic carbocycles. The lowest BCUT2D eigenvalue weighted by Gasteiger charge is -2.26. The highest BCUT2D eigenvalue weighted by Crippen LogP contribution is 2.23. The zero-order chi connectivity index (χ0) is 16.9. The molecule has 1 aromatic carbocycles. The molecule has 0 radical (unpaired) electrons. The second-order valence-corrected chi connectivity index (χ2v) is 7.01. The summed E-state index contributed by atoms with van der Waals surface area (Å²) in [6.45, 7) is 12.5. The quantitative estimate of drug-likeness (QED) is 0.848. The number of ether oxygens (including phenoxy) is 1. The lowest BCUT2D eigenvalue weighted by atomic mass is 9.87. The predicted molar refractivity (Wildman–Crippen MR) is 90.8 cm³/mol. The third-order valence-electron chi connectivity index (χ3n) is 3.79. The topological polar surface area (TPSA) is 64.3 Å². The van der Waals surface area contributed by atoms with Crippen molar-refractivity contribution < 1.29 is 9.53 Å². The number of hydrogen-bond donors (Lipinski definition) is 2. The molecule has 22 heavy (non-hydrogen) atoms. The molecular formula is C18H30N2O2. The van der Waals surface area contributed by atoms with Crippen LogP contribution in [0, 0.1) is 12.3 Å². The standard InChI is InChI=1S/C18H30N2O2/c1-7-13(3)22-15-10-12(2)8-9-14(15)11-20-17(21)16(19)18(4,5)6/h8-10,13,16H,7,11,19H2,1-6H3,(H,20,21)/t13?,16-/m1/s1. The SMILES string of the molecule is CCC(C)Oc1cc(C)ccc1CNC(=O)[C@@H](N)C(C)(C)C. The van der Waals surface area contributed by atoms with Crippen LogP contribution in [0.5, 0.6) is 5.75 Å². The molecule has 0 heterocycles. The fraction of sp³-hybridized carbons (Fsp3) is 0.611. The fourth-order valence-corrected chi connectivity index (χ4v) is 1.90. The first kappa shape index (κ1) is 18.5. The number of nitrogens with two attached hydrogens (primary N) is 1. The van der Waals surface area contributed by atoms with E-state index < -0.39 is 6.04 Å². The summed E-state index contributed by atoms with van der Waals surface area (Å²) in [7, 11) is 0. The lowest BCUT2D eigenvalue weighted by Crippen LogP contribution is -2.48. The van der Waals surface area contributed by atoms with E-state index in [0.29, 0.717) is 6.54 Å². The highest BCUT2D eigenvalue weighted by atomic mass is 16.5. The Balaban J connectivity index is 2.79. The molecule has 2 atom stereocenters. The Bertz CT molecular complexity index is 506. The van der Waals surface area contributed by atoms with Gasteiger partial charge in [-0.05, 0) is 37.3 Å². The average molecular weight is 306 g/mol. The van der Waals surface area contributed by atoms with Crippen molar-refractivity contribution in [3.63, 3.8) is 0 Å². The maximum Gasteiger partial charge on any atom is 0.237 e. The van der Waals surface area contributed by atoms with Crippen LogP contribution in [0.25, 0.3) is 0 Å². The summed E-state index contributed by atoms with van der Waals surface area (Å²) in [6, 6.07) is 5.50. The number of nitrogens with one attached hydrogen (secondary N) is 1. The van der Waals surface area contributed by atoms with E-state index in [0.717, 1.165) is 23.3 Å². The molecule has 1 unspecified atom stereocenters. The number of carbonyl (C=O) groups is 1.